The summed E-state index contributed by atoms with van der Waals surface area (Å²) in [5.74, 6) is 2.66. The maximum absolute atomic E-state index is 12.2. The summed E-state index contributed by atoms with van der Waals surface area (Å²) in [5.41, 5.74) is 0.915. The molecule has 2 heterocycles. The van der Waals surface area contributed by atoms with E-state index in [1.54, 1.807) is 0 Å². The Balaban J connectivity index is 1.40. The summed E-state index contributed by atoms with van der Waals surface area (Å²) in [7, 11) is 1.92. The second-order valence-electron chi connectivity index (χ2n) is 7.27. The summed E-state index contributed by atoms with van der Waals surface area (Å²) in [6.07, 6.45) is 6.75. The zero-order valence-electron chi connectivity index (χ0n) is 16.1. The quantitative estimate of drug-likeness (QED) is 0.774. The van der Waals surface area contributed by atoms with Crippen LogP contribution in [0.25, 0.3) is 11.4 Å². The Kier molecular flexibility index (Phi) is 6.04. The summed E-state index contributed by atoms with van der Waals surface area (Å²) in [6.45, 7) is 1.31. The molecule has 4 rings (SSSR count). The minimum atomic E-state index is 0.0667. The Morgan fingerprint density at radius 3 is 2.75 bits per heavy atom. The summed E-state index contributed by atoms with van der Waals surface area (Å²) < 4.78 is 13.4. The van der Waals surface area contributed by atoms with Gasteiger partial charge in [0.05, 0.1) is 19.0 Å². The van der Waals surface area contributed by atoms with Crippen molar-refractivity contribution >= 4 is 17.7 Å². The van der Waals surface area contributed by atoms with Gasteiger partial charge < -0.3 is 19.4 Å². The monoisotopic (exact) mass is 402 g/mol. The van der Waals surface area contributed by atoms with Crippen LogP contribution < -0.4 is 14.8 Å². The highest BCUT2D eigenvalue weighted by molar-refractivity contribution is 7.99. The molecule has 1 N–H and O–H groups in total. The fraction of sp³-hybridized carbons (Fsp3) is 0.550. The van der Waals surface area contributed by atoms with Gasteiger partial charge in [0.2, 0.25) is 5.91 Å². The van der Waals surface area contributed by atoms with Crippen molar-refractivity contribution in [1.82, 2.24) is 20.1 Å². The van der Waals surface area contributed by atoms with Gasteiger partial charge in [-0.1, -0.05) is 31.0 Å². The number of carbonyl (C=O) groups is 1. The zero-order chi connectivity index (χ0) is 19.3. The average Bonchev–Trinajstić information content (AvgIpc) is 2.92. The molecule has 0 bridgehead atoms. The SMILES string of the molecule is Cn1c(SCC(=O)NC2CCCCC2)nnc1-c1ccc2c(c1)OCCCO2. The van der Waals surface area contributed by atoms with Gasteiger partial charge in [-0.15, -0.1) is 10.2 Å². The standard InChI is InChI=1S/C20H26N4O3S/c1-24-19(14-8-9-16-17(12-14)27-11-5-10-26-16)22-23-20(24)28-13-18(25)21-15-6-3-2-4-7-15/h8-9,12,15H,2-7,10-11,13H2,1H3,(H,21,25). The number of fused-ring (bicyclic) bond motifs is 1. The minimum Gasteiger partial charge on any atom is -0.490 e. The molecule has 2 aliphatic rings. The molecular formula is C20H26N4O3S. The zero-order valence-corrected chi connectivity index (χ0v) is 17.0. The molecular weight excluding hydrogens is 376 g/mol. The first-order chi connectivity index (χ1) is 13.7. The van der Waals surface area contributed by atoms with Gasteiger partial charge in [-0.3, -0.25) is 4.79 Å². The summed E-state index contributed by atoms with van der Waals surface area (Å²) in [6, 6.07) is 6.14. The van der Waals surface area contributed by atoms with Crippen LogP contribution in [-0.2, 0) is 11.8 Å². The van der Waals surface area contributed by atoms with E-state index in [9.17, 15) is 4.79 Å². The highest BCUT2D eigenvalue weighted by Crippen LogP contribution is 2.34. The molecule has 1 aromatic carbocycles. The van der Waals surface area contributed by atoms with Crippen LogP contribution >= 0.6 is 11.8 Å². The van der Waals surface area contributed by atoms with Crippen LogP contribution in [0.4, 0.5) is 0 Å². The van der Waals surface area contributed by atoms with Crippen molar-refractivity contribution in [2.45, 2.75) is 49.7 Å². The molecule has 1 amide bonds. The molecule has 1 aliphatic carbocycles. The third-order valence-electron chi connectivity index (χ3n) is 5.14. The Morgan fingerprint density at radius 2 is 1.93 bits per heavy atom. The number of nitrogens with one attached hydrogen (secondary N) is 1. The van der Waals surface area contributed by atoms with Crippen molar-refractivity contribution in [3.8, 4) is 22.9 Å². The van der Waals surface area contributed by atoms with Gasteiger partial charge in [0.1, 0.15) is 0 Å². The Morgan fingerprint density at radius 1 is 1.14 bits per heavy atom. The predicted octanol–water partition coefficient (Wildman–Crippen LogP) is 3.18. The summed E-state index contributed by atoms with van der Waals surface area (Å²) in [5, 5.41) is 12.4. The maximum atomic E-state index is 12.2. The van der Waals surface area contributed by atoms with E-state index in [0.29, 0.717) is 25.0 Å². The Bertz CT molecular complexity index is 833. The molecule has 1 aliphatic heterocycles. The largest absolute Gasteiger partial charge is 0.490 e. The van der Waals surface area contributed by atoms with Crippen LogP contribution in [0.3, 0.4) is 0 Å². The molecule has 150 valence electrons. The van der Waals surface area contributed by atoms with E-state index >= 15 is 0 Å². The van der Waals surface area contributed by atoms with E-state index in [1.165, 1.54) is 31.0 Å². The predicted molar refractivity (Wildman–Crippen MR) is 108 cm³/mol. The lowest BCUT2D eigenvalue weighted by molar-refractivity contribution is -0.119. The molecule has 0 spiro atoms. The first-order valence-corrected chi connectivity index (χ1v) is 10.9. The van der Waals surface area contributed by atoms with Crippen molar-refractivity contribution in [2.75, 3.05) is 19.0 Å². The molecule has 0 radical (unpaired) electrons. The first-order valence-electron chi connectivity index (χ1n) is 9.92. The average molecular weight is 403 g/mol. The van der Waals surface area contributed by atoms with Gasteiger partial charge in [-0.2, -0.15) is 0 Å². The summed E-state index contributed by atoms with van der Waals surface area (Å²) >= 11 is 1.41. The van der Waals surface area contributed by atoms with Gasteiger partial charge in [0.15, 0.2) is 22.5 Å². The first kappa shape index (κ1) is 19.1. The lowest BCUT2D eigenvalue weighted by atomic mass is 9.95. The van der Waals surface area contributed by atoms with Crippen LogP contribution in [0.15, 0.2) is 23.4 Å². The minimum absolute atomic E-state index is 0.0667. The van der Waals surface area contributed by atoms with E-state index < -0.39 is 0 Å². The van der Waals surface area contributed by atoms with E-state index in [4.69, 9.17) is 9.47 Å². The smallest absolute Gasteiger partial charge is 0.230 e. The van der Waals surface area contributed by atoms with Crippen LogP contribution in [0.5, 0.6) is 11.5 Å². The molecule has 2 aromatic rings. The maximum Gasteiger partial charge on any atom is 0.230 e. The third kappa shape index (κ3) is 4.43. The van der Waals surface area contributed by atoms with Crippen LogP contribution in [0, 0.1) is 0 Å². The number of nitrogens with zero attached hydrogens (tertiary/aromatic N) is 3. The van der Waals surface area contributed by atoms with Crippen LogP contribution in [0.1, 0.15) is 38.5 Å². The second-order valence-corrected chi connectivity index (χ2v) is 8.21. The molecule has 0 atom stereocenters. The highest BCUT2D eigenvalue weighted by atomic mass is 32.2. The van der Waals surface area contributed by atoms with E-state index in [1.807, 2.05) is 29.8 Å². The van der Waals surface area contributed by atoms with Gasteiger partial charge in [-0.05, 0) is 31.0 Å². The third-order valence-corrected chi connectivity index (χ3v) is 6.16. The Hall–Kier alpha value is -2.22. The van der Waals surface area contributed by atoms with Gasteiger partial charge >= 0.3 is 0 Å². The van der Waals surface area contributed by atoms with Crippen LogP contribution in [0.2, 0.25) is 0 Å². The number of rotatable bonds is 5. The van der Waals surface area contributed by atoms with Crippen LogP contribution in [-0.4, -0.2) is 45.7 Å². The molecule has 1 aromatic heterocycles. The normalized spacial score (nSPS) is 17.2. The molecule has 8 heteroatoms. The van der Waals surface area contributed by atoms with E-state index in [0.717, 1.165) is 47.3 Å². The van der Waals surface area contributed by atoms with Crippen molar-refractivity contribution in [1.29, 1.82) is 0 Å². The number of benzene rings is 1. The lowest BCUT2D eigenvalue weighted by Crippen LogP contribution is -2.37. The highest BCUT2D eigenvalue weighted by Gasteiger charge is 2.18. The molecule has 0 saturated heterocycles. The van der Waals surface area contributed by atoms with Gasteiger partial charge in [0.25, 0.3) is 0 Å². The van der Waals surface area contributed by atoms with E-state index in [-0.39, 0.29) is 5.91 Å². The van der Waals surface area contributed by atoms with E-state index in [2.05, 4.69) is 15.5 Å². The number of thioether (sulfide) groups is 1. The molecule has 1 fully saturated rings. The second kappa shape index (κ2) is 8.86. The number of ether oxygens (including phenoxy) is 2. The molecule has 28 heavy (non-hydrogen) atoms. The number of hydrogen-bond donors (Lipinski definition) is 1. The van der Waals surface area contributed by atoms with Crippen molar-refractivity contribution in [2.24, 2.45) is 7.05 Å². The molecule has 7 nitrogen and oxygen atoms in total. The number of carbonyl (C=O) groups excluding carboxylic acids is 1. The fourth-order valence-corrected chi connectivity index (χ4v) is 4.36. The number of aromatic nitrogens is 3. The molecule has 1 saturated carbocycles. The topological polar surface area (TPSA) is 78.3 Å². The number of hydrogen-bond acceptors (Lipinski definition) is 6. The molecule has 0 unspecified atom stereocenters. The van der Waals surface area contributed by atoms with Gasteiger partial charge in [0, 0.05) is 25.1 Å². The van der Waals surface area contributed by atoms with Crippen molar-refractivity contribution in [3.63, 3.8) is 0 Å². The lowest BCUT2D eigenvalue weighted by Gasteiger charge is -2.22. The van der Waals surface area contributed by atoms with Gasteiger partial charge in [-0.25, -0.2) is 0 Å². The summed E-state index contributed by atoms with van der Waals surface area (Å²) in [4.78, 5) is 12.2. The Labute approximate surface area is 169 Å². The van der Waals surface area contributed by atoms with Crippen molar-refractivity contribution in [3.05, 3.63) is 18.2 Å². The van der Waals surface area contributed by atoms with Crippen molar-refractivity contribution < 1.29 is 14.3 Å². The fourth-order valence-electron chi connectivity index (χ4n) is 3.64. The number of amides is 1.